The molecule has 0 atom stereocenters. The third-order valence-corrected chi connectivity index (χ3v) is 4.52. The van der Waals surface area contributed by atoms with Gasteiger partial charge in [0, 0.05) is 23.3 Å². The first-order valence-corrected chi connectivity index (χ1v) is 7.93. The summed E-state index contributed by atoms with van der Waals surface area (Å²) in [6.07, 6.45) is 5.58. The number of benzene rings is 1. The highest BCUT2D eigenvalue weighted by atomic mass is 127. The van der Waals surface area contributed by atoms with E-state index in [0.717, 1.165) is 38.4 Å². The van der Waals surface area contributed by atoms with Gasteiger partial charge in [0.05, 0.1) is 9.26 Å². The van der Waals surface area contributed by atoms with Crippen molar-refractivity contribution in [3.8, 4) is 11.4 Å². The number of aryl methyl sites for hydroxylation is 1. The monoisotopic (exact) mass is 390 g/mol. The van der Waals surface area contributed by atoms with Crippen molar-refractivity contribution in [1.29, 1.82) is 0 Å². The Morgan fingerprint density at radius 1 is 1.14 bits per heavy atom. The first kappa shape index (κ1) is 14.2. The zero-order chi connectivity index (χ0) is 14.8. The Morgan fingerprint density at radius 2 is 1.95 bits per heavy atom. The number of hydrogen-bond donors (Lipinski definition) is 1. The number of pyridine rings is 1. The Bertz CT molecular complexity index is 796. The third-order valence-electron chi connectivity index (χ3n) is 3.34. The van der Waals surface area contributed by atoms with E-state index in [9.17, 15) is 0 Å². The average molecular weight is 390 g/mol. The van der Waals surface area contributed by atoms with Gasteiger partial charge in [-0.05, 0) is 34.4 Å². The standard InChI is InChI=1S/C16H15IN4/c1-2-5-13-14(17)15(18)21-16(20-13)12-9-19-8-10-6-3-4-7-11(10)12/h3-4,6-9H,2,5H2,1H3,(H2,18,20,21). The van der Waals surface area contributed by atoms with Crippen molar-refractivity contribution in [1.82, 2.24) is 15.0 Å². The minimum Gasteiger partial charge on any atom is -0.383 e. The van der Waals surface area contributed by atoms with Crippen molar-refractivity contribution in [3.63, 3.8) is 0 Å². The Kier molecular flexibility index (Phi) is 4.01. The number of hydrogen-bond acceptors (Lipinski definition) is 4. The second-order valence-corrected chi connectivity index (χ2v) is 5.93. The van der Waals surface area contributed by atoms with Crippen LogP contribution in [0.3, 0.4) is 0 Å². The maximum absolute atomic E-state index is 6.05. The van der Waals surface area contributed by atoms with Crippen LogP contribution in [-0.2, 0) is 6.42 Å². The molecule has 0 aliphatic heterocycles. The van der Waals surface area contributed by atoms with Gasteiger partial charge in [0.1, 0.15) is 5.82 Å². The summed E-state index contributed by atoms with van der Waals surface area (Å²) in [6, 6.07) is 8.10. The van der Waals surface area contributed by atoms with Gasteiger partial charge in [-0.25, -0.2) is 9.97 Å². The van der Waals surface area contributed by atoms with E-state index in [2.05, 4.69) is 45.5 Å². The smallest absolute Gasteiger partial charge is 0.164 e. The molecule has 0 spiro atoms. The predicted octanol–water partition coefficient (Wildman–Crippen LogP) is 3.83. The SMILES string of the molecule is CCCc1nc(-c2cncc3ccccc23)nc(N)c1I. The predicted molar refractivity (Wildman–Crippen MR) is 93.9 cm³/mol. The van der Waals surface area contributed by atoms with Gasteiger partial charge in [-0.15, -0.1) is 0 Å². The summed E-state index contributed by atoms with van der Waals surface area (Å²) < 4.78 is 0.950. The van der Waals surface area contributed by atoms with Crippen LogP contribution in [0.5, 0.6) is 0 Å². The lowest BCUT2D eigenvalue weighted by Gasteiger charge is -2.10. The zero-order valence-electron chi connectivity index (χ0n) is 11.7. The van der Waals surface area contributed by atoms with Crippen LogP contribution in [0, 0.1) is 3.57 Å². The zero-order valence-corrected chi connectivity index (χ0v) is 13.8. The van der Waals surface area contributed by atoms with Gasteiger partial charge in [0.2, 0.25) is 0 Å². The van der Waals surface area contributed by atoms with E-state index in [1.165, 1.54) is 0 Å². The van der Waals surface area contributed by atoms with Crippen LogP contribution in [0.15, 0.2) is 36.7 Å². The summed E-state index contributed by atoms with van der Waals surface area (Å²) in [4.78, 5) is 13.5. The molecule has 2 heterocycles. The van der Waals surface area contributed by atoms with Gasteiger partial charge in [-0.2, -0.15) is 0 Å². The lowest BCUT2D eigenvalue weighted by atomic mass is 10.1. The molecule has 5 heteroatoms. The first-order valence-electron chi connectivity index (χ1n) is 6.85. The molecule has 1 aromatic carbocycles. The normalized spacial score (nSPS) is 11.0. The van der Waals surface area contributed by atoms with Crippen molar-refractivity contribution in [2.75, 3.05) is 5.73 Å². The van der Waals surface area contributed by atoms with Gasteiger partial charge in [-0.3, -0.25) is 4.98 Å². The van der Waals surface area contributed by atoms with Gasteiger partial charge >= 0.3 is 0 Å². The summed E-state index contributed by atoms with van der Waals surface area (Å²) in [5, 5.41) is 2.17. The number of nitrogens with zero attached hydrogens (tertiary/aromatic N) is 3. The van der Waals surface area contributed by atoms with E-state index in [0.29, 0.717) is 11.6 Å². The third kappa shape index (κ3) is 2.70. The molecule has 106 valence electrons. The van der Waals surface area contributed by atoms with E-state index in [1.807, 2.05) is 24.4 Å². The molecule has 2 aromatic heterocycles. The second-order valence-electron chi connectivity index (χ2n) is 4.85. The molecular weight excluding hydrogens is 375 g/mol. The van der Waals surface area contributed by atoms with Crippen LogP contribution >= 0.6 is 22.6 Å². The lowest BCUT2D eigenvalue weighted by Crippen LogP contribution is -2.05. The largest absolute Gasteiger partial charge is 0.383 e. The number of anilines is 1. The fourth-order valence-electron chi connectivity index (χ4n) is 2.33. The van der Waals surface area contributed by atoms with Gasteiger partial charge in [-0.1, -0.05) is 37.6 Å². The molecule has 4 nitrogen and oxygen atoms in total. The van der Waals surface area contributed by atoms with Crippen molar-refractivity contribution >= 4 is 39.2 Å². The molecule has 0 radical (unpaired) electrons. The minimum atomic E-state index is 0.539. The highest BCUT2D eigenvalue weighted by Crippen LogP contribution is 2.28. The molecule has 3 rings (SSSR count). The van der Waals surface area contributed by atoms with E-state index in [4.69, 9.17) is 10.7 Å². The molecule has 21 heavy (non-hydrogen) atoms. The molecule has 0 saturated carbocycles. The van der Waals surface area contributed by atoms with Crippen LogP contribution in [-0.4, -0.2) is 15.0 Å². The summed E-state index contributed by atoms with van der Waals surface area (Å²) in [5.41, 5.74) is 7.99. The quantitative estimate of drug-likeness (QED) is 0.691. The molecule has 0 bridgehead atoms. The van der Waals surface area contributed by atoms with Gasteiger partial charge < -0.3 is 5.73 Å². The fraction of sp³-hybridized carbons (Fsp3) is 0.188. The Labute approximate surface area is 137 Å². The van der Waals surface area contributed by atoms with E-state index >= 15 is 0 Å². The van der Waals surface area contributed by atoms with Crippen LogP contribution in [0.25, 0.3) is 22.2 Å². The van der Waals surface area contributed by atoms with Crippen LogP contribution < -0.4 is 5.73 Å². The number of nitrogens with two attached hydrogens (primary N) is 1. The van der Waals surface area contributed by atoms with Crippen molar-refractivity contribution in [2.24, 2.45) is 0 Å². The van der Waals surface area contributed by atoms with E-state index in [1.54, 1.807) is 6.20 Å². The fourth-order valence-corrected chi connectivity index (χ4v) is 2.84. The van der Waals surface area contributed by atoms with Crippen molar-refractivity contribution < 1.29 is 0 Å². The maximum Gasteiger partial charge on any atom is 0.164 e. The summed E-state index contributed by atoms with van der Waals surface area (Å²) in [7, 11) is 0. The molecule has 0 amide bonds. The molecule has 2 N–H and O–H groups in total. The number of aromatic nitrogens is 3. The second kappa shape index (κ2) is 5.93. The Morgan fingerprint density at radius 3 is 2.76 bits per heavy atom. The molecule has 3 aromatic rings. The number of halogens is 1. The molecule has 0 fully saturated rings. The molecule has 0 aliphatic rings. The topological polar surface area (TPSA) is 64.7 Å². The number of rotatable bonds is 3. The van der Waals surface area contributed by atoms with Crippen LogP contribution in [0.2, 0.25) is 0 Å². The number of nitrogen functional groups attached to an aromatic ring is 1. The Balaban J connectivity index is 2.23. The number of fused-ring (bicyclic) bond motifs is 1. The highest BCUT2D eigenvalue weighted by molar-refractivity contribution is 14.1. The molecule has 0 saturated heterocycles. The van der Waals surface area contributed by atoms with Crippen molar-refractivity contribution in [3.05, 3.63) is 45.9 Å². The lowest BCUT2D eigenvalue weighted by molar-refractivity contribution is 0.869. The molecule has 0 aliphatic carbocycles. The Hall–Kier alpha value is -1.76. The summed E-state index contributed by atoms with van der Waals surface area (Å²) in [6.45, 7) is 2.13. The van der Waals surface area contributed by atoms with E-state index < -0.39 is 0 Å². The summed E-state index contributed by atoms with van der Waals surface area (Å²) in [5.74, 6) is 1.19. The molecular formula is C16H15IN4. The maximum atomic E-state index is 6.05. The first-order chi connectivity index (χ1) is 10.2. The van der Waals surface area contributed by atoms with Crippen LogP contribution in [0.1, 0.15) is 19.0 Å². The van der Waals surface area contributed by atoms with Gasteiger partial charge in [0.15, 0.2) is 5.82 Å². The average Bonchev–Trinajstić information content (AvgIpc) is 2.51. The van der Waals surface area contributed by atoms with E-state index in [-0.39, 0.29) is 0 Å². The summed E-state index contributed by atoms with van der Waals surface area (Å²) >= 11 is 2.22. The van der Waals surface area contributed by atoms with Crippen LogP contribution in [0.4, 0.5) is 5.82 Å². The highest BCUT2D eigenvalue weighted by Gasteiger charge is 2.13. The molecule has 0 unspecified atom stereocenters. The van der Waals surface area contributed by atoms with Gasteiger partial charge in [0.25, 0.3) is 0 Å². The minimum absolute atomic E-state index is 0.539. The van der Waals surface area contributed by atoms with Crippen molar-refractivity contribution in [2.45, 2.75) is 19.8 Å².